The summed E-state index contributed by atoms with van der Waals surface area (Å²) in [4.78, 5) is 15.0. The minimum Gasteiger partial charge on any atom is -0.497 e. The van der Waals surface area contributed by atoms with Crippen LogP contribution in [-0.4, -0.2) is 26.6 Å². The summed E-state index contributed by atoms with van der Waals surface area (Å²) in [6, 6.07) is 16.2. The van der Waals surface area contributed by atoms with Crippen molar-refractivity contribution in [2.45, 2.75) is 17.9 Å². The van der Waals surface area contributed by atoms with Crippen molar-refractivity contribution >= 4 is 11.6 Å². The van der Waals surface area contributed by atoms with Crippen molar-refractivity contribution in [1.29, 1.82) is 0 Å². The van der Waals surface area contributed by atoms with E-state index < -0.39 is 5.41 Å². The highest BCUT2D eigenvalue weighted by molar-refractivity contribution is 6.08. The monoisotopic (exact) mass is 308 g/mol. The molecule has 2 aromatic carbocycles. The van der Waals surface area contributed by atoms with Crippen molar-refractivity contribution in [3.63, 3.8) is 0 Å². The maximum atomic E-state index is 13.2. The van der Waals surface area contributed by atoms with E-state index in [0.717, 1.165) is 35.5 Å². The summed E-state index contributed by atoms with van der Waals surface area (Å²) >= 11 is 0. The largest absolute Gasteiger partial charge is 0.497 e. The number of benzene rings is 2. The van der Waals surface area contributed by atoms with Crippen molar-refractivity contribution in [3.05, 3.63) is 59.7 Å². The van der Waals surface area contributed by atoms with Crippen LogP contribution in [-0.2, 0) is 10.2 Å². The van der Waals surface area contributed by atoms with Crippen LogP contribution in [0, 0.1) is 0 Å². The second kappa shape index (κ2) is 5.10. The van der Waals surface area contributed by atoms with Gasteiger partial charge in [-0.05, 0) is 42.3 Å². The Bertz CT molecular complexity index is 756. The van der Waals surface area contributed by atoms with Crippen LogP contribution < -0.4 is 15.0 Å². The van der Waals surface area contributed by atoms with Crippen molar-refractivity contribution < 1.29 is 9.53 Å². The Hall–Kier alpha value is -2.33. The van der Waals surface area contributed by atoms with Gasteiger partial charge < -0.3 is 15.0 Å². The molecule has 1 amide bonds. The summed E-state index contributed by atoms with van der Waals surface area (Å²) in [5.41, 5.74) is 2.79. The highest BCUT2D eigenvalue weighted by Crippen LogP contribution is 2.52. The molecule has 0 unspecified atom stereocenters. The van der Waals surface area contributed by atoms with E-state index in [9.17, 15) is 4.79 Å². The molecule has 1 fully saturated rings. The van der Waals surface area contributed by atoms with Crippen LogP contribution in [0.4, 0.5) is 5.69 Å². The van der Waals surface area contributed by atoms with Crippen molar-refractivity contribution in [2.24, 2.45) is 0 Å². The first-order valence-corrected chi connectivity index (χ1v) is 7.93. The van der Waals surface area contributed by atoms with Crippen molar-refractivity contribution in [1.82, 2.24) is 5.32 Å². The summed E-state index contributed by atoms with van der Waals surface area (Å²) in [6.45, 7) is 0.838. The molecule has 2 aromatic rings. The third kappa shape index (κ3) is 1.85. The van der Waals surface area contributed by atoms with Gasteiger partial charge in [0.05, 0.1) is 18.6 Å². The Kier molecular flexibility index (Phi) is 3.16. The summed E-state index contributed by atoms with van der Waals surface area (Å²) in [7, 11) is 3.54. The number of hydrogen-bond acceptors (Lipinski definition) is 3. The topological polar surface area (TPSA) is 41.6 Å². The van der Waals surface area contributed by atoms with Crippen LogP contribution in [0.2, 0.25) is 0 Å². The standard InChI is InChI=1S/C19H20N2O2/c1-21-16-6-4-3-5-15(16)19(18(21)22)11-12-20-17(19)13-7-9-14(23-2)10-8-13/h3-10,17,20H,11-12H2,1-2H3/t17-,19+/m1/s1. The lowest BCUT2D eigenvalue weighted by Gasteiger charge is -2.30. The first-order valence-electron chi connectivity index (χ1n) is 7.93. The minimum absolute atomic E-state index is 0.00740. The van der Waals surface area contributed by atoms with Gasteiger partial charge in [0.15, 0.2) is 0 Å². The molecular weight excluding hydrogens is 288 g/mol. The number of rotatable bonds is 2. The molecule has 4 nitrogen and oxygen atoms in total. The number of ether oxygens (including phenoxy) is 1. The zero-order valence-corrected chi connectivity index (χ0v) is 13.4. The maximum absolute atomic E-state index is 13.2. The number of carbonyl (C=O) groups is 1. The third-order valence-electron chi connectivity index (χ3n) is 5.24. The number of nitrogens with one attached hydrogen (secondary N) is 1. The van der Waals surface area contributed by atoms with Crippen LogP contribution in [0.15, 0.2) is 48.5 Å². The van der Waals surface area contributed by atoms with Crippen LogP contribution in [0.5, 0.6) is 5.75 Å². The fraction of sp³-hybridized carbons (Fsp3) is 0.316. The molecule has 0 saturated carbocycles. The SMILES string of the molecule is COc1ccc([C@H]2NCC[C@@]23C(=O)N(C)c2ccccc23)cc1. The maximum Gasteiger partial charge on any atom is 0.239 e. The smallest absolute Gasteiger partial charge is 0.239 e. The molecule has 0 bridgehead atoms. The predicted molar refractivity (Wildman–Crippen MR) is 89.9 cm³/mol. The van der Waals surface area contributed by atoms with Gasteiger partial charge in [-0.2, -0.15) is 0 Å². The highest BCUT2D eigenvalue weighted by atomic mass is 16.5. The number of para-hydroxylation sites is 1. The van der Waals surface area contributed by atoms with Crippen LogP contribution in [0.3, 0.4) is 0 Å². The van der Waals surface area contributed by atoms with Gasteiger partial charge in [0.25, 0.3) is 0 Å². The van der Waals surface area contributed by atoms with Gasteiger partial charge in [-0.3, -0.25) is 4.79 Å². The molecule has 0 radical (unpaired) electrons. The van der Waals surface area contributed by atoms with E-state index in [1.165, 1.54) is 0 Å². The number of carbonyl (C=O) groups excluding carboxylic acids is 1. The summed E-state index contributed by atoms with van der Waals surface area (Å²) < 4.78 is 5.25. The number of hydrogen-bond donors (Lipinski definition) is 1. The fourth-order valence-corrected chi connectivity index (χ4v) is 4.12. The molecular formula is C19H20N2O2. The second-order valence-corrected chi connectivity index (χ2v) is 6.26. The van der Waals surface area contributed by atoms with E-state index in [1.807, 2.05) is 37.4 Å². The van der Waals surface area contributed by atoms with E-state index in [2.05, 4.69) is 23.5 Å². The first kappa shape index (κ1) is 14.3. The van der Waals surface area contributed by atoms with Crippen molar-refractivity contribution in [2.75, 3.05) is 25.6 Å². The van der Waals surface area contributed by atoms with E-state index >= 15 is 0 Å². The third-order valence-corrected chi connectivity index (χ3v) is 5.24. The molecule has 4 heteroatoms. The lowest BCUT2D eigenvalue weighted by atomic mass is 9.73. The second-order valence-electron chi connectivity index (χ2n) is 6.26. The molecule has 2 heterocycles. The zero-order chi connectivity index (χ0) is 16.0. The average Bonchev–Trinajstić information content (AvgIpc) is 3.13. The summed E-state index contributed by atoms with van der Waals surface area (Å²) in [5, 5.41) is 3.55. The highest BCUT2D eigenvalue weighted by Gasteiger charge is 2.57. The molecule has 2 atom stereocenters. The number of likely N-dealkylation sites (N-methyl/N-ethyl adjacent to an activating group) is 1. The first-order chi connectivity index (χ1) is 11.2. The number of fused-ring (bicyclic) bond motifs is 2. The quantitative estimate of drug-likeness (QED) is 0.927. The van der Waals surface area contributed by atoms with Gasteiger partial charge in [-0.25, -0.2) is 0 Å². The Balaban J connectivity index is 1.84. The van der Waals surface area contributed by atoms with Crippen LogP contribution in [0.25, 0.3) is 0 Å². The van der Waals surface area contributed by atoms with Crippen LogP contribution in [0.1, 0.15) is 23.6 Å². The average molecular weight is 308 g/mol. The van der Waals surface area contributed by atoms with E-state index in [1.54, 1.807) is 12.0 Å². The normalized spacial score (nSPS) is 25.9. The van der Waals surface area contributed by atoms with Gasteiger partial charge in [0.1, 0.15) is 5.75 Å². The minimum atomic E-state index is -0.500. The summed E-state index contributed by atoms with van der Waals surface area (Å²) in [6.07, 6.45) is 0.823. The predicted octanol–water partition coefficient (Wildman–Crippen LogP) is 2.64. The van der Waals surface area contributed by atoms with Gasteiger partial charge >= 0.3 is 0 Å². The van der Waals surface area contributed by atoms with E-state index in [0.29, 0.717) is 0 Å². The Morgan fingerprint density at radius 2 is 1.91 bits per heavy atom. The molecule has 1 N–H and O–H groups in total. The fourth-order valence-electron chi connectivity index (χ4n) is 4.12. The Labute approximate surface area is 136 Å². The number of anilines is 1. The molecule has 23 heavy (non-hydrogen) atoms. The Morgan fingerprint density at radius 3 is 2.65 bits per heavy atom. The lowest BCUT2D eigenvalue weighted by molar-refractivity contribution is -0.123. The molecule has 4 rings (SSSR count). The molecule has 1 saturated heterocycles. The lowest BCUT2D eigenvalue weighted by Crippen LogP contribution is -2.42. The summed E-state index contributed by atoms with van der Waals surface area (Å²) in [5.74, 6) is 1.01. The van der Waals surface area contributed by atoms with E-state index in [4.69, 9.17) is 4.74 Å². The number of nitrogens with zero attached hydrogens (tertiary/aromatic N) is 1. The molecule has 118 valence electrons. The molecule has 1 spiro atoms. The molecule has 0 aliphatic carbocycles. The van der Waals surface area contributed by atoms with Crippen molar-refractivity contribution in [3.8, 4) is 5.75 Å². The molecule has 0 aromatic heterocycles. The van der Waals surface area contributed by atoms with E-state index in [-0.39, 0.29) is 11.9 Å². The van der Waals surface area contributed by atoms with Crippen LogP contribution >= 0.6 is 0 Å². The van der Waals surface area contributed by atoms with Gasteiger partial charge in [0.2, 0.25) is 5.91 Å². The van der Waals surface area contributed by atoms with Gasteiger partial charge in [0, 0.05) is 12.7 Å². The van der Waals surface area contributed by atoms with Gasteiger partial charge in [-0.15, -0.1) is 0 Å². The van der Waals surface area contributed by atoms with Gasteiger partial charge in [-0.1, -0.05) is 30.3 Å². The molecule has 2 aliphatic heterocycles. The number of methoxy groups -OCH3 is 1. The number of amides is 1. The Morgan fingerprint density at radius 1 is 1.17 bits per heavy atom. The zero-order valence-electron chi connectivity index (χ0n) is 13.4. The molecule has 2 aliphatic rings.